The third-order valence-electron chi connectivity index (χ3n) is 2.49. The number of hydrogen-bond donors (Lipinski definition) is 0. The Bertz CT molecular complexity index is 372. The minimum absolute atomic E-state index is 0.163. The number of esters is 1. The Kier molecular flexibility index (Phi) is 9.08. The average Bonchev–Trinajstić information content (AvgIpc) is 2.26. The summed E-state index contributed by atoms with van der Waals surface area (Å²) < 4.78 is 23.4. The summed E-state index contributed by atoms with van der Waals surface area (Å²) in [6, 6.07) is 0. The van der Waals surface area contributed by atoms with Gasteiger partial charge >= 0.3 is 5.97 Å². The fourth-order valence-corrected chi connectivity index (χ4v) is 4.69. The minimum atomic E-state index is -2.83. The van der Waals surface area contributed by atoms with E-state index in [1.807, 2.05) is 40.7 Å². The van der Waals surface area contributed by atoms with Crippen LogP contribution in [0.1, 0.15) is 41.5 Å². The SMILES string of the molecule is CCOC(=O)/C(=C/C(C)C)CP(=O)(CC(C)C)OCC. The molecule has 5 heteroatoms. The van der Waals surface area contributed by atoms with Crippen LogP contribution in [0.5, 0.6) is 0 Å². The lowest BCUT2D eigenvalue weighted by Gasteiger charge is -2.21. The Morgan fingerprint density at radius 1 is 1.15 bits per heavy atom. The molecule has 0 rings (SSSR count). The first-order valence-corrected chi connectivity index (χ1v) is 9.34. The molecule has 0 aliphatic rings. The molecule has 0 fully saturated rings. The van der Waals surface area contributed by atoms with Gasteiger partial charge in [0, 0.05) is 11.7 Å². The maximum atomic E-state index is 12.9. The van der Waals surface area contributed by atoms with Crippen molar-refractivity contribution in [2.75, 3.05) is 25.5 Å². The molecular formula is C15H29O4P. The molecule has 0 heterocycles. The number of allylic oxidation sites excluding steroid dienone is 1. The molecule has 0 aromatic carbocycles. The molecule has 0 spiro atoms. The normalized spacial score (nSPS) is 15.5. The van der Waals surface area contributed by atoms with Gasteiger partial charge in [0.15, 0.2) is 0 Å². The van der Waals surface area contributed by atoms with E-state index in [1.165, 1.54) is 0 Å². The quantitative estimate of drug-likeness (QED) is 0.365. The molecule has 0 radical (unpaired) electrons. The highest BCUT2D eigenvalue weighted by Crippen LogP contribution is 2.50. The maximum absolute atomic E-state index is 12.9. The van der Waals surface area contributed by atoms with E-state index in [1.54, 1.807) is 6.92 Å². The molecule has 1 atom stereocenters. The van der Waals surface area contributed by atoms with Crippen molar-refractivity contribution in [1.29, 1.82) is 0 Å². The lowest BCUT2D eigenvalue weighted by atomic mass is 10.1. The molecular weight excluding hydrogens is 275 g/mol. The van der Waals surface area contributed by atoms with Gasteiger partial charge in [-0.25, -0.2) is 4.79 Å². The molecule has 0 aromatic rings. The van der Waals surface area contributed by atoms with Crippen molar-refractivity contribution in [2.45, 2.75) is 41.5 Å². The number of hydrogen-bond acceptors (Lipinski definition) is 4. The molecule has 20 heavy (non-hydrogen) atoms. The molecule has 0 saturated heterocycles. The van der Waals surface area contributed by atoms with Crippen molar-refractivity contribution in [1.82, 2.24) is 0 Å². The first-order valence-electron chi connectivity index (χ1n) is 7.34. The van der Waals surface area contributed by atoms with Gasteiger partial charge in [-0.1, -0.05) is 33.8 Å². The van der Waals surface area contributed by atoms with Gasteiger partial charge in [0.05, 0.1) is 19.4 Å². The van der Waals surface area contributed by atoms with E-state index in [4.69, 9.17) is 9.26 Å². The molecule has 1 unspecified atom stereocenters. The van der Waals surface area contributed by atoms with Crippen molar-refractivity contribution in [3.63, 3.8) is 0 Å². The van der Waals surface area contributed by atoms with Gasteiger partial charge in [0.1, 0.15) is 0 Å². The van der Waals surface area contributed by atoms with Crippen molar-refractivity contribution in [3.8, 4) is 0 Å². The molecule has 0 bridgehead atoms. The molecule has 118 valence electrons. The van der Waals surface area contributed by atoms with Gasteiger partial charge in [-0.3, -0.25) is 4.57 Å². The second-order valence-corrected chi connectivity index (χ2v) is 8.19. The molecule has 0 aromatic heterocycles. The smallest absolute Gasteiger partial charge is 0.334 e. The zero-order valence-electron chi connectivity index (χ0n) is 13.6. The summed E-state index contributed by atoms with van der Waals surface area (Å²) in [7, 11) is -2.83. The third kappa shape index (κ3) is 7.86. The van der Waals surface area contributed by atoms with Gasteiger partial charge in [-0.2, -0.15) is 0 Å². The standard InChI is InChI=1S/C15H29O4P/c1-7-18-15(16)14(9-12(3)4)11-20(17,19-8-2)10-13(5)6/h9,12-13H,7-8,10-11H2,1-6H3/b14-9+. The number of rotatable bonds is 9. The van der Waals surface area contributed by atoms with Crippen molar-refractivity contribution >= 4 is 13.3 Å². The molecule has 0 amide bonds. The monoisotopic (exact) mass is 304 g/mol. The van der Waals surface area contributed by atoms with Gasteiger partial charge in [0.25, 0.3) is 0 Å². The highest BCUT2D eigenvalue weighted by Gasteiger charge is 2.28. The Hall–Kier alpha value is -0.600. The number of ether oxygens (including phenoxy) is 1. The van der Waals surface area contributed by atoms with E-state index in [9.17, 15) is 9.36 Å². The summed E-state index contributed by atoms with van der Waals surface area (Å²) in [5.74, 6) is 0.0725. The topological polar surface area (TPSA) is 52.6 Å². The van der Waals surface area contributed by atoms with Crippen molar-refractivity contribution in [2.24, 2.45) is 11.8 Å². The van der Waals surface area contributed by atoms with Crippen molar-refractivity contribution in [3.05, 3.63) is 11.6 Å². The van der Waals surface area contributed by atoms with E-state index in [-0.39, 0.29) is 24.0 Å². The molecule has 4 nitrogen and oxygen atoms in total. The minimum Gasteiger partial charge on any atom is -0.463 e. The zero-order chi connectivity index (χ0) is 15.8. The van der Waals surface area contributed by atoms with Crippen LogP contribution >= 0.6 is 7.37 Å². The van der Waals surface area contributed by atoms with Crippen LogP contribution < -0.4 is 0 Å². The Morgan fingerprint density at radius 3 is 2.15 bits per heavy atom. The lowest BCUT2D eigenvalue weighted by Crippen LogP contribution is -2.15. The van der Waals surface area contributed by atoms with Gasteiger partial charge in [-0.15, -0.1) is 0 Å². The van der Waals surface area contributed by atoms with Gasteiger partial charge < -0.3 is 9.26 Å². The van der Waals surface area contributed by atoms with Crippen LogP contribution in [0.2, 0.25) is 0 Å². The highest BCUT2D eigenvalue weighted by molar-refractivity contribution is 7.59. The van der Waals surface area contributed by atoms with Gasteiger partial charge in [0.2, 0.25) is 7.37 Å². The third-order valence-corrected chi connectivity index (χ3v) is 5.33. The number of carbonyl (C=O) groups excluding carboxylic acids is 1. The maximum Gasteiger partial charge on any atom is 0.334 e. The van der Waals surface area contributed by atoms with E-state index in [0.29, 0.717) is 24.9 Å². The van der Waals surface area contributed by atoms with Crippen LogP contribution in [0.25, 0.3) is 0 Å². The van der Waals surface area contributed by atoms with Crippen LogP contribution in [0.15, 0.2) is 11.6 Å². The summed E-state index contributed by atoms with van der Waals surface area (Å²) in [5.41, 5.74) is 0.472. The Morgan fingerprint density at radius 2 is 1.75 bits per heavy atom. The van der Waals surface area contributed by atoms with Gasteiger partial charge in [-0.05, 0) is 25.7 Å². The summed E-state index contributed by atoms with van der Waals surface area (Å²) in [6.07, 6.45) is 2.47. The van der Waals surface area contributed by atoms with Crippen molar-refractivity contribution < 1.29 is 18.6 Å². The first-order chi connectivity index (χ1) is 9.24. The summed E-state index contributed by atoms with van der Waals surface area (Å²) in [4.78, 5) is 12.0. The fourth-order valence-electron chi connectivity index (χ4n) is 2.03. The highest BCUT2D eigenvalue weighted by atomic mass is 31.2. The second kappa shape index (κ2) is 9.36. The molecule has 0 saturated carbocycles. The first kappa shape index (κ1) is 19.4. The molecule has 0 N–H and O–H groups in total. The largest absolute Gasteiger partial charge is 0.463 e. The van der Waals surface area contributed by atoms with Crippen LogP contribution in [0.4, 0.5) is 0 Å². The van der Waals surface area contributed by atoms with E-state index < -0.39 is 7.37 Å². The fraction of sp³-hybridized carbons (Fsp3) is 0.800. The number of carbonyl (C=O) groups is 1. The Balaban J connectivity index is 5.18. The van der Waals surface area contributed by atoms with E-state index in [2.05, 4.69) is 0 Å². The molecule has 0 aliphatic carbocycles. The van der Waals surface area contributed by atoms with Crippen LogP contribution in [0, 0.1) is 11.8 Å². The summed E-state index contributed by atoms with van der Waals surface area (Å²) >= 11 is 0. The lowest BCUT2D eigenvalue weighted by molar-refractivity contribution is -0.138. The molecule has 0 aliphatic heterocycles. The summed E-state index contributed by atoms with van der Waals surface area (Å²) in [6.45, 7) is 12.3. The van der Waals surface area contributed by atoms with E-state index in [0.717, 1.165) is 0 Å². The predicted molar refractivity (Wildman–Crippen MR) is 83.4 cm³/mol. The average molecular weight is 304 g/mol. The van der Waals surface area contributed by atoms with Crippen LogP contribution in [-0.4, -0.2) is 31.5 Å². The van der Waals surface area contributed by atoms with Crippen LogP contribution in [0.3, 0.4) is 0 Å². The van der Waals surface area contributed by atoms with Crippen LogP contribution in [-0.2, 0) is 18.6 Å². The second-order valence-electron chi connectivity index (χ2n) is 5.62. The van der Waals surface area contributed by atoms with E-state index >= 15 is 0 Å². The Labute approximate surface area is 123 Å². The predicted octanol–water partition coefficient (Wildman–Crippen LogP) is 4.10. The zero-order valence-corrected chi connectivity index (χ0v) is 14.5. The summed E-state index contributed by atoms with van der Waals surface area (Å²) in [5, 5.41) is 0.